The van der Waals surface area contributed by atoms with Crippen LogP contribution in [-0.4, -0.2) is 18.6 Å². The molecule has 0 aliphatic rings. The molecule has 1 N–H and O–H groups in total. The van der Waals surface area contributed by atoms with E-state index in [-0.39, 0.29) is 0 Å². The van der Waals surface area contributed by atoms with Crippen LogP contribution in [0.2, 0.25) is 0 Å². The summed E-state index contributed by atoms with van der Waals surface area (Å²) in [5.41, 5.74) is 4.81. The van der Waals surface area contributed by atoms with Crippen LogP contribution in [0.25, 0.3) is 0 Å². The van der Waals surface area contributed by atoms with Gasteiger partial charge >= 0.3 is 0 Å². The van der Waals surface area contributed by atoms with Gasteiger partial charge in [-0.2, -0.15) is 0 Å². The van der Waals surface area contributed by atoms with Crippen molar-refractivity contribution in [2.24, 2.45) is 0 Å². The number of aryl methyl sites for hydroxylation is 3. The number of hydrogen-bond acceptors (Lipinski definition) is 4. The van der Waals surface area contributed by atoms with Gasteiger partial charge in [0.05, 0.1) is 6.26 Å². The summed E-state index contributed by atoms with van der Waals surface area (Å²) in [4.78, 5) is 6.95. The number of furan rings is 1. The van der Waals surface area contributed by atoms with Gasteiger partial charge in [-0.3, -0.25) is 0 Å². The zero-order chi connectivity index (χ0) is 15.4. The molecule has 0 spiro atoms. The molecule has 2 aromatic heterocycles. The number of hydrogen-bond donors (Lipinski definition) is 1. The third-order valence-electron chi connectivity index (χ3n) is 3.74. The Hall–Kier alpha value is -1.81. The summed E-state index contributed by atoms with van der Waals surface area (Å²) in [7, 11) is 2.09. The van der Waals surface area contributed by atoms with Gasteiger partial charge in [0.2, 0.25) is 0 Å². The molecule has 2 aromatic rings. The van der Waals surface area contributed by atoms with Crippen molar-refractivity contribution in [3.8, 4) is 0 Å². The molecule has 21 heavy (non-hydrogen) atoms. The third-order valence-corrected chi connectivity index (χ3v) is 3.74. The molecule has 4 heteroatoms. The van der Waals surface area contributed by atoms with Crippen LogP contribution in [0.15, 0.2) is 22.8 Å². The summed E-state index contributed by atoms with van der Waals surface area (Å²) in [6.45, 7) is 10.9. The quantitative estimate of drug-likeness (QED) is 0.884. The van der Waals surface area contributed by atoms with E-state index in [0.717, 1.165) is 36.9 Å². The Bertz CT molecular complexity index is 604. The second-order valence-corrected chi connectivity index (χ2v) is 5.52. The van der Waals surface area contributed by atoms with Crippen molar-refractivity contribution in [2.45, 2.75) is 40.8 Å². The van der Waals surface area contributed by atoms with Crippen molar-refractivity contribution >= 4 is 5.82 Å². The molecule has 0 fully saturated rings. The Balaban J connectivity index is 2.30. The van der Waals surface area contributed by atoms with Gasteiger partial charge in [0.15, 0.2) is 0 Å². The van der Waals surface area contributed by atoms with Crippen LogP contribution in [0, 0.1) is 20.8 Å². The molecule has 0 aliphatic carbocycles. The highest BCUT2D eigenvalue weighted by Gasteiger charge is 2.14. The van der Waals surface area contributed by atoms with E-state index in [9.17, 15) is 0 Å². The van der Waals surface area contributed by atoms with Crippen molar-refractivity contribution in [2.75, 3.05) is 18.5 Å². The van der Waals surface area contributed by atoms with Crippen molar-refractivity contribution in [3.63, 3.8) is 0 Å². The summed E-state index contributed by atoms with van der Waals surface area (Å²) in [6.07, 6.45) is 1.74. The minimum absolute atomic E-state index is 0.803. The molecule has 2 heterocycles. The van der Waals surface area contributed by atoms with Crippen LogP contribution >= 0.6 is 0 Å². The zero-order valence-electron chi connectivity index (χ0n) is 13.7. The van der Waals surface area contributed by atoms with Crippen LogP contribution in [0.3, 0.4) is 0 Å². The molecule has 4 nitrogen and oxygen atoms in total. The molecule has 0 amide bonds. The molecule has 0 saturated carbocycles. The van der Waals surface area contributed by atoms with Crippen molar-refractivity contribution in [1.29, 1.82) is 0 Å². The van der Waals surface area contributed by atoms with E-state index < -0.39 is 0 Å². The lowest BCUT2D eigenvalue weighted by Crippen LogP contribution is -2.23. The van der Waals surface area contributed by atoms with Gasteiger partial charge < -0.3 is 14.6 Å². The first-order valence-electron chi connectivity index (χ1n) is 7.44. The van der Waals surface area contributed by atoms with Gasteiger partial charge in [-0.1, -0.05) is 6.92 Å². The Morgan fingerprint density at radius 3 is 2.67 bits per heavy atom. The Morgan fingerprint density at radius 1 is 1.29 bits per heavy atom. The Labute approximate surface area is 127 Å². The number of aromatic nitrogens is 1. The summed E-state index contributed by atoms with van der Waals surface area (Å²) >= 11 is 0. The van der Waals surface area contributed by atoms with E-state index in [2.05, 4.69) is 37.2 Å². The normalized spacial score (nSPS) is 10.9. The van der Waals surface area contributed by atoms with Crippen molar-refractivity contribution < 1.29 is 4.42 Å². The fourth-order valence-electron chi connectivity index (χ4n) is 2.53. The molecular formula is C17H25N3O. The number of pyridine rings is 1. The maximum atomic E-state index is 5.38. The molecule has 2 rings (SSSR count). The van der Waals surface area contributed by atoms with E-state index >= 15 is 0 Å². The van der Waals surface area contributed by atoms with E-state index in [1.165, 1.54) is 16.7 Å². The molecule has 0 aromatic carbocycles. The van der Waals surface area contributed by atoms with Crippen LogP contribution < -0.4 is 10.2 Å². The van der Waals surface area contributed by atoms with Gasteiger partial charge in [-0.25, -0.2) is 4.98 Å². The van der Waals surface area contributed by atoms with E-state index in [1.54, 1.807) is 6.26 Å². The predicted octanol–water partition coefficient (Wildman–Crippen LogP) is 3.35. The fourth-order valence-corrected chi connectivity index (χ4v) is 2.53. The van der Waals surface area contributed by atoms with Gasteiger partial charge in [-0.15, -0.1) is 0 Å². The predicted molar refractivity (Wildman–Crippen MR) is 86.6 cm³/mol. The molecular weight excluding hydrogens is 262 g/mol. The smallest absolute Gasteiger partial charge is 0.133 e. The largest absolute Gasteiger partial charge is 0.469 e. The highest BCUT2D eigenvalue weighted by atomic mass is 16.3. The lowest BCUT2D eigenvalue weighted by atomic mass is 10.1. The standard InChI is InChI=1S/C17H25N3O/c1-6-18-10-16-12(2)9-13(3)19-17(16)20(5)11-15-7-8-21-14(15)4/h7-9,18H,6,10-11H2,1-5H3. The first-order valence-corrected chi connectivity index (χ1v) is 7.44. The van der Waals surface area contributed by atoms with E-state index in [0.29, 0.717) is 0 Å². The highest BCUT2D eigenvalue weighted by molar-refractivity contribution is 5.51. The van der Waals surface area contributed by atoms with Crippen molar-refractivity contribution in [1.82, 2.24) is 10.3 Å². The number of nitrogens with one attached hydrogen (secondary N) is 1. The molecule has 0 unspecified atom stereocenters. The SMILES string of the molecule is CCNCc1c(C)cc(C)nc1N(C)Cc1ccoc1C. The molecule has 0 atom stereocenters. The summed E-state index contributed by atoms with van der Waals surface area (Å²) in [5, 5.41) is 3.41. The molecule has 0 aliphatic heterocycles. The van der Waals surface area contributed by atoms with E-state index in [4.69, 9.17) is 9.40 Å². The van der Waals surface area contributed by atoms with Crippen LogP contribution in [0.1, 0.15) is 35.1 Å². The minimum Gasteiger partial charge on any atom is -0.469 e. The van der Waals surface area contributed by atoms with Gasteiger partial charge in [0.1, 0.15) is 11.6 Å². The maximum absolute atomic E-state index is 5.38. The molecule has 0 radical (unpaired) electrons. The van der Waals surface area contributed by atoms with Gasteiger partial charge in [-0.05, 0) is 45.0 Å². The number of nitrogens with zero attached hydrogens (tertiary/aromatic N) is 2. The van der Waals surface area contributed by atoms with Crippen molar-refractivity contribution in [3.05, 3.63) is 46.5 Å². The summed E-state index contributed by atoms with van der Waals surface area (Å²) in [6, 6.07) is 4.17. The van der Waals surface area contributed by atoms with Gasteiger partial charge in [0, 0.05) is 37.0 Å². The zero-order valence-corrected chi connectivity index (χ0v) is 13.7. The Morgan fingerprint density at radius 2 is 2.05 bits per heavy atom. The number of anilines is 1. The molecule has 0 bridgehead atoms. The Kier molecular flexibility index (Phi) is 5.02. The number of rotatable bonds is 6. The lowest BCUT2D eigenvalue weighted by Gasteiger charge is -2.23. The van der Waals surface area contributed by atoms with E-state index in [1.807, 2.05) is 19.9 Å². The third kappa shape index (κ3) is 3.64. The monoisotopic (exact) mass is 287 g/mol. The average Bonchev–Trinajstić information content (AvgIpc) is 2.82. The molecule has 0 saturated heterocycles. The first-order chi connectivity index (χ1) is 10.0. The second kappa shape index (κ2) is 6.76. The lowest BCUT2D eigenvalue weighted by molar-refractivity contribution is 0.529. The summed E-state index contributed by atoms with van der Waals surface area (Å²) < 4.78 is 5.38. The molecule has 114 valence electrons. The maximum Gasteiger partial charge on any atom is 0.133 e. The topological polar surface area (TPSA) is 41.3 Å². The minimum atomic E-state index is 0.803. The fraction of sp³-hybridized carbons (Fsp3) is 0.471. The second-order valence-electron chi connectivity index (χ2n) is 5.52. The van der Waals surface area contributed by atoms with Crippen LogP contribution in [0.4, 0.5) is 5.82 Å². The highest BCUT2D eigenvalue weighted by Crippen LogP contribution is 2.24. The first kappa shape index (κ1) is 15.6. The van der Waals surface area contributed by atoms with Gasteiger partial charge in [0.25, 0.3) is 0 Å². The van der Waals surface area contributed by atoms with Crippen LogP contribution in [0.5, 0.6) is 0 Å². The summed E-state index contributed by atoms with van der Waals surface area (Å²) in [5.74, 6) is 2.02. The average molecular weight is 287 g/mol. The van der Waals surface area contributed by atoms with Crippen LogP contribution in [-0.2, 0) is 13.1 Å².